The smallest absolute Gasteiger partial charge is 0.261 e. The minimum absolute atomic E-state index is 0.0190. The van der Waals surface area contributed by atoms with Gasteiger partial charge in [-0.15, -0.1) is 22.7 Å². The summed E-state index contributed by atoms with van der Waals surface area (Å²) in [6.07, 6.45) is 0.883. The minimum Gasteiger partial charge on any atom is -0.355 e. The summed E-state index contributed by atoms with van der Waals surface area (Å²) in [5.41, 5.74) is 0. The fourth-order valence-electron chi connectivity index (χ4n) is 2.19. The highest BCUT2D eigenvalue weighted by Crippen LogP contribution is 2.39. The number of thiophene rings is 2. The van der Waals surface area contributed by atoms with Crippen LogP contribution in [-0.4, -0.2) is 24.9 Å². The van der Waals surface area contributed by atoms with E-state index in [1.54, 1.807) is 11.3 Å². The van der Waals surface area contributed by atoms with Crippen LogP contribution in [0.4, 0.5) is 0 Å². The predicted octanol–water partition coefficient (Wildman–Crippen LogP) is 3.37. The summed E-state index contributed by atoms with van der Waals surface area (Å²) in [4.78, 5) is 24.3. The van der Waals surface area contributed by atoms with Crippen molar-refractivity contribution in [3.05, 3.63) is 35.2 Å². The fraction of sp³-hybridized carbons (Fsp3) is 0.250. The predicted molar refractivity (Wildman–Crippen MR) is 92.8 cm³/mol. The first-order valence-electron chi connectivity index (χ1n) is 7.15. The van der Waals surface area contributed by atoms with Gasteiger partial charge in [0.25, 0.3) is 5.91 Å². The molecule has 3 rings (SSSR count). The Morgan fingerprint density at radius 3 is 2.73 bits per heavy atom. The van der Waals surface area contributed by atoms with Crippen LogP contribution in [0, 0.1) is 0 Å². The Labute approximate surface area is 136 Å². The van der Waals surface area contributed by atoms with Gasteiger partial charge < -0.3 is 10.6 Å². The molecule has 0 saturated heterocycles. The van der Waals surface area contributed by atoms with Gasteiger partial charge in [0.15, 0.2) is 0 Å². The fourth-order valence-corrected chi connectivity index (χ4v) is 4.63. The van der Waals surface area contributed by atoms with Gasteiger partial charge in [0, 0.05) is 21.3 Å². The topological polar surface area (TPSA) is 58.2 Å². The first-order valence-corrected chi connectivity index (χ1v) is 8.78. The number of hydrogen-bond acceptors (Lipinski definition) is 4. The van der Waals surface area contributed by atoms with Gasteiger partial charge in [0.2, 0.25) is 5.91 Å². The Bertz CT molecular complexity index is 835. The minimum atomic E-state index is -0.191. The third kappa shape index (κ3) is 2.98. The van der Waals surface area contributed by atoms with Crippen LogP contribution in [0.3, 0.4) is 0 Å². The standard InChI is InChI=1S/C16H16N2O2S2/c1-2-7-17-14(19)9-18-16(20)13-8-12-15(22-13)10-5-3-4-6-11(10)21-12/h3-6,8H,2,7,9H2,1H3,(H,17,19)(H,18,20). The molecule has 1 aromatic carbocycles. The SMILES string of the molecule is CCCNC(=O)CNC(=O)c1cc2sc3ccccc3c2s1. The van der Waals surface area contributed by atoms with Gasteiger partial charge in [-0.3, -0.25) is 9.59 Å². The van der Waals surface area contributed by atoms with E-state index in [0.717, 1.165) is 15.8 Å². The van der Waals surface area contributed by atoms with Crippen molar-refractivity contribution in [2.24, 2.45) is 0 Å². The summed E-state index contributed by atoms with van der Waals surface area (Å²) in [7, 11) is 0. The number of carbonyl (C=O) groups is 2. The molecule has 2 heterocycles. The number of nitrogens with one attached hydrogen (secondary N) is 2. The average Bonchev–Trinajstić information content (AvgIpc) is 3.08. The van der Waals surface area contributed by atoms with Crippen LogP contribution in [-0.2, 0) is 4.79 Å². The normalized spacial score (nSPS) is 11.0. The molecule has 0 saturated carbocycles. The molecule has 22 heavy (non-hydrogen) atoms. The van der Waals surface area contributed by atoms with E-state index in [-0.39, 0.29) is 18.4 Å². The van der Waals surface area contributed by atoms with E-state index in [4.69, 9.17) is 0 Å². The van der Waals surface area contributed by atoms with E-state index < -0.39 is 0 Å². The van der Waals surface area contributed by atoms with E-state index in [0.29, 0.717) is 11.4 Å². The molecule has 2 N–H and O–H groups in total. The van der Waals surface area contributed by atoms with Gasteiger partial charge in [-0.25, -0.2) is 0 Å². The molecule has 0 atom stereocenters. The number of fused-ring (bicyclic) bond motifs is 3. The second-order valence-electron chi connectivity index (χ2n) is 4.93. The molecule has 0 aliphatic carbocycles. The second-order valence-corrected chi connectivity index (χ2v) is 7.07. The molecule has 0 bridgehead atoms. The summed E-state index contributed by atoms with van der Waals surface area (Å²) < 4.78 is 3.49. The zero-order valence-electron chi connectivity index (χ0n) is 12.1. The van der Waals surface area contributed by atoms with Gasteiger partial charge in [-0.2, -0.15) is 0 Å². The summed E-state index contributed by atoms with van der Waals surface area (Å²) in [6, 6.07) is 10.1. The van der Waals surface area contributed by atoms with Crippen LogP contribution in [0.5, 0.6) is 0 Å². The molecule has 4 nitrogen and oxygen atoms in total. The third-order valence-corrected chi connectivity index (χ3v) is 5.67. The molecule has 6 heteroatoms. The van der Waals surface area contributed by atoms with E-state index >= 15 is 0 Å². The lowest BCUT2D eigenvalue weighted by atomic mass is 10.2. The molecule has 0 radical (unpaired) electrons. The Morgan fingerprint density at radius 2 is 1.91 bits per heavy atom. The van der Waals surface area contributed by atoms with Crippen molar-refractivity contribution in [1.29, 1.82) is 0 Å². The second kappa shape index (κ2) is 6.46. The summed E-state index contributed by atoms with van der Waals surface area (Å²) in [6.45, 7) is 2.64. The molecule has 0 fully saturated rings. The third-order valence-electron chi connectivity index (χ3n) is 3.26. The average molecular weight is 332 g/mol. The van der Waals surface area contributed by atoms with Crippen LogP contribution < -0.4 is 10.6 Å². The van der Waals surface area contributed by atoms with Gasteiger partial charge in [0.05, 0.1) is 16.1 Å². The molecule has 114 valence electrons. The van der Waals surface area contributed by atoms with Crippen LogP contribution in [0.25, 0.3) is 19.5 Å². The lowest BCUT2D eigenvalue weighted by Crippen LogP contribution is -2.36. The molecule has 2 aromatic heterocycles. The molecular weight excluding hydrogens is 316 g/mol. The first kappa shape index (κ1) is 15.0. The van der Waals surface area contributed by atoms with Crippen molar-refractivity contribution in [2.75, 3.05) is 13.1 Å². The van der Waals surface area contributed by atoms with Crippen molar-refractivity contribution < 1.29 is 9.59 Å². The lowest BCUT2D eigenvalue weighted by molar-refractivity contribution is -0.120. The Balaban J connectivity index is 1.73. The Morgan fingerprint density at radius 1 is 1.09 bits per heavy atom. The molecular formula is C16H16N2O2S2. The van der Waals surface area contributed by atoms with Crippen molar-refractivity contribution in [3.8, 4) is 0 Å². The van der Waals surface area contributed by atoms with E-state index in [1.165, 1.54) is 21.4 Å². The molecule has 3 aromatic rings. The maximum atomic E-state index is 12.2. The zero-order chi connectivity index (χ0) is 15.5. The Kier molecular flexibility index (Phi) is 4.40. The van der Waals surface area contributed by atoms with Crippen molar-refractivity contribution in [3.63, 3.8) is 0 Å². The summed E-state index contributed by atoms with van der Waals surface area (Å²) in [5, 5.41) is 6.59. The van der Waals surface area contributed by atoms with Crippen molar-refractivity contribution in [1.82, 2.24) is 10.6 Å². The van der Waals surface area contributed by atoms with E-state index in [9.17, 15) is 9.59 Å². The van der Waals surface area contributed by atoms with Gasteiger partial charge in [-0.05, 0) is 18.6 Å². The van der Waals surface area contributed by atoms with E-state index in [2.05, 4.69) is 22.8 Å². The van der Waals surface area contributed by atoms with Gasteiger partial charge >= 0.3 is 0 Å². The van der Waals surface area contributed by atoms with Crippen LogP contribution >= 0.6 is 22.7 Å². The summed E-state index contributed by atoms with van der Waals surface area (Å²) >= 11 is 3.16. The highest BCUT2D eigenvalue weighted by Gasteiger charge is 2.14. The van der Waals surface area contributed by atoms with Crippen LogP contribution in [0.1, 0.15) is 23.0 Å². The van der Waals surface area contributed by atoms with Crippen LogP contribution in [0.15, 0.2) is 30.3 Å². The van der Waals surface area contributed by atoms with E-state index in [1.807, 2.05) is 25.1 Å². The largest absolute Gasteiger partial charge is 0.355 e. The lowest BCUT2D eigenvalue weighted by Gasteiger charge is -2.04. The zero-order valence-corrected chi connectivity index (χ0v) is 13.8. The molecule has 0 aliphatic rings. The van der Waals surface area contributed by atoms with Crippen molar-refractivity contribution >= 4 is 54.0 Å². The molecule has 0 unspecified atom stereocenters. The quantitative estimate of drug-likeness (QED) is 0.752. The monoisotopic (exact) mass is 332 g/mol. The number of rotatable bonds is 5. The highest BCUT2D eigenvalue weighted by atomic mass is 32.1. The first-order chi connectivity index (χ1) is 10.7. The van der Waals surface area contributed by atoms with Crippen molar-refractivity contribution in [2.45, 2.75) is 13.3 Å². The summed E-state index contributed by atoms with van der Waals surface area (Å²) in [5.74, 6) is -0.344. The maximum Gasteiger partial charge on any atom is 0.261 e. The number of benzene rings is 1. The van der Waals surface area contributed by atoms with Gasteiger partial charge in [0.1, 0.15) is 0 Å². The number of carbonyl (C=O) groups excluding carboxylic acids is 2. The highest BCUT2D eigenvalue weighted by molar-refractivity contribution is 7.33. The number of amides is 2. The maximum absolute atomic E-state index is 12.2. The van der Waals surface area contributed by atoms with Crippen LogP contribution in [0.2, 0.25) is 0 Å². The molecule has 0 spiro atoms. The molecule has 0 aliphatic heterocycles. The Hall–Kier alpha value is -1.92. The van der Waals surface area contributed by atoms with Gasteiger partial charge in [-0.1, -0.05) is 25.1 Å². The number of hydrogen-bond donors (Lipinski definition) is 2. The molecule has 2 amide bonds.